The van der Waals surface area contributed by atoms with Gasteiger partial charge in [0.15, 0.2) is 0 Å². The van der Waals surface area contributed by atoms with Crippen LogP contribution in [-0.2, 0) is 4.79 Å². The highest BCUT2D eigenvalue weighted by molar-refractivity contribution is 5.94. The molecule has 0 radical (unpaired) electrons. The van der Waals surface area contributed by atoms with Gasteiger partial charge in [0.05, 0.1) is 12.6 Å². The predicted octanol–water partition coefficient (Wildman–Crippen LogP) is -0.464. The number of carbonyl (C=O) groups excluding carboxylic acids is 1. The molecule has 12 heavy (non-hydrogen) atoms. The maximum Gasteiger partial charge on any atom is 0.245 e. The van der Waals surface area contributed by atoms with Gasteiger partial charge < -0.3 is 5.11 Å². The van der Waals surface area contributed by atoms with Gasteiger partial charge in [0.1, 0.15) is 6.07 Å². The molecule has 1 rings (SSSR count). The number of nitrogens with zero attached hydrogens (tertiary/aromatic N) is 2. The first kappa shape index (κ1) is 9.17. The van der Waals surface area contributed by atoms with Gasteiger partial charge in [0.25, 0.3) is 0 Å². The molecule has 0 amide bonds. The van der Waals surface area contributed by atoms with E-state index in [0.29, 0.717) is 6.54 Å². The Hall–Kier alpha value is -0.920. The molecule has 0 aliphatic carbocycles. The second-order valence-electron chi connectivity index (χ2n) is 3.07. The molecule has 1 N–H and O–H groups in total. The van der Waals surface area contributed by atoms with E-state index in [2.05, 4.69) is 0 Å². The standard InChI is InChI=1S/C8H12N2O2/c9-4-8(12)6-10-3-1-2-7(11)5-10/h7,11H,1-3,5-6H2. The van der Waals surface area contributed by atoms with Gasteiger partial charge in [-0.2, -0.15) is 5.26 Å². The quantitative estimate of drug-likeness (QED) is 0.566. The third kappa shape index (κ3) is 2.61. The maximum absolute atomic E-state index is 10.7. The Labute approximate surface area is 71.4 Å². The smallest absolute Gasteiger partial charge is 0.245 e. The van der Waals surface area contributed by atoms with Gasteiger partial charge in [0, 0.05) is 6.54 Å². The first-order valence-electron chi connectivity index (χ1n) is 4.05. The van der Waals surface area contributed by atoms with E-state index in [1.165, 1.54) is 0 Å². The lowest BCUT2D eigenvalue weighted by atomic mass is 10.1. The molecular formula is C8H12N2O2. The van der Waals surface area contributed by atoms with Crippen LogP contribution in [0.2, 0.25) is 0 Å². The zero-order chi connectivity index (χ0) is 8.97. The summed E-state index contributed by atoms with van der Waals surface area (Å²) < 4.78 is 0. The molecule has 1 unspecified atom stereocenters. The van der Waals surface area contributed by atoms with Crippen molar-refractivity contribution in [2.75, 3.05) is 19.6 Å². The summed E-state index contributed by atoms with van der Waals surface area (Å²) in [6, 6.07) is 1.56. The number of Topliss-reactive ketones (excluding diaryl/α,β-unsaturated/α-hetero) is 1. The fraction of sp³-hybridized carbons (Fsp3) is 0.750. The van der Waals surface area contributed by atoms with Crippen LogP contribution < -0.4 is 0 Å². The monoisotopic (exact) mass is 168 g/mol. The highest BCUT2D eigenvalue weighted by Crippen LogP contribution is 2.08. The summed E-state index contributed by atoms with van der Waals surface area (Å²) >= 11 is 0. The number of hydrogen-bond acceptors (Lipinski definition) is 4. The Morgan fingerprint density at radius 2 is 2.50 bits per heavy atom. The summed E-state index contributed by atoms with van der Waals surface area (Å²) in [5.74, 6) is -0.427. The van der Waals surface area contributed by atoms with Crippen molar-refractivity contribution >= 4 is 5.78 Å². The van der Waals surface area contributed by atoms with E-state index in [9.17, 15) is 9.90 Å². The van der Waals surface area contributed by atoms with E-state index in [4.69, 9.17) is 5.26 Å². The van der Waals surface area contributed by atoms with Crippen LogP contribution in [0, 0.1) is 11.3 Å². The van der Waals surface area contributed by atoms with Gasteiger partial charge in [-0.3, -0.25) is 9.69 Å². The molecule has 1 atom stereocenters. The van der Waals surface area contributed by atoms with E-state index >= 15 is 0 Å². The number of likely N-dealkylation sites (tertiary alicyclic amines) is 1. The molecule has 4 nitrogen and oxygen atoms in total. The minimum Gasteiger partial charge on any atom is -0.392 e. The minimum absolute atomic E-state index is 0.160. The number of piperidine rings is 1. The summed E-state index contributed by atoms with van der Waals surface area (Å²) in [5, 5.41) is 17.5. The molecule has 4 heteroatoms. The van der Waals surface area contributed by atoms with E-state index in [-0.39, 0.29) is 12.6 Å². The van der Waals surface area contributed by atoms with Crippen LogP contribution in [0.15, 0.2) is 0 Å². The number of aliphatic hydroxyl groups is 1. The van der Waals surface area contributed by atoms with Gasteiger partial charge in [-0.05, 0) is 19.4 Å². The van der Waals surface area contributed by atoms with Crippen LogP contribution in [0.4, 0.5) is 0 Å². The number of ketones is 1. The van der Waals surface area contributed by atoms with Crippen molar-refractivity contribution in [3.63, 3.8) is 0 Å². The first-order chi connectivity index (χ1) is 5.72. The van der Waals surface area contributed by atoms with Crippen molar-refractivity contribution in [1.82, 2.24) is 4.90 Å². The summed E-state index contributed by atoms with van der Waals surface area (Å²) in [5.41, 5.74) is 0. The van der Waals surface area contributed by atoms with Crippen molar-refractivity contribution in [1.29, 1.82) is 5.26 Å². The van der Waals surface area contributed by atoms with E-state index in [1.54, 1.807) is 6.07 Å². The van der Waals surface area contributed by atoms with E-state index < -0.39 is 5.78 Å². The van der Waals surface area contributed by atoms with Crippen molar-refractivity contribution < 1.29 is 9.90 Å². The molecule has 0 saturated carbocycles. The lowest BCUT2D eigenvalue weighted by molar-refractivity contribution is -0.115. The zero-order valence-corrected chi connectivity index (χ0v) is 6.86. The molecule has 0 aromatic rings. The molecule has 1 heterocycles. The van der Waals surface area contributed by atoms with Crippen LogP contribution in [0.3, 0.4) is 0 Å². The predicted molar refractivity (Wildman–Crippen MR) is 42.3 cm³/mol. The Kier molecular flexibility index (Phi) is 3.20. The molecular weight excluding hydrogens is 156 g/mol. The third-order valence-corrected chi connectivity index (χ3v) is 1.97. The Bertz CT molecular complexity index is 210. The fourth-order valence-electron chi connectivity index (χ4n) is 1.41. The highest BCUT2D eigenvalue weighted by atomic mass is 16.3. The Morgan fingerprint density at radius 1 is 1.75 bits per heavy atom. The van der Waals surface area contributed by atoms with E-state index in [1.807, 2.05) is 4.90 Å². The number of rotatable bonds is 2. The average Bonchev–Trinajstić information content (AvgIpc) is 2.04. The van der Waals surface area contributed by atoms with Crippen LogP contribution >= 0.6 is 0 Å². The summed E-state index contributed by atoms with van der Waals surface area (Å²) in [6.07, 6.45) is 1.38. The van der Waals surface area contributed by atoms with Gasteiger partial charge >= 0.3 is 0 Å². The van der Waals surface area contributed by atoms with Gasteiger partial charge in [-0.15, -0.1) is 0 Å². The summed E-state index contributed by atoms with van der Waals surface area (Å²) in [4.78, 5) is 12.5. The zero-order valence-electron chi connectivity index (χ0n) is 6.86. The summed E-state index contributed by atoms with van der Waals surface area (Å²) in [6.45, 7) is 1.49. The maximum atomic E-state index is 10.7. The number of nitriles is 1. The molecule has 1 aliphatic rings. The van der Waals surface area contributed by atoms with Gasteiger partial charge in [0.2, 0.25) is 5.78 Å². The molecule has 0 bridgehead atoms. The lowest BCUT2D eigenvalue weighted by Crippen LogP contribution is -2.40. The average molecular weight is 168 g/mol. The molecule has 1 fully saturated rings. The van der Waals surface area contributed by atoms with Crippen molar-refractivity contribution in [2.24, 2.45) is 0 Å². The van der Waals surface area contributed by atoms with Crippen molar-refractivity contribution in [3.05, 3.63) is 0 Å². The minimum atomic E-state index is -0.427. The Morgan fingerprint density at radius 3 is 3.08 bits per heavy atom. The van der Waals surface area contributed by atoms with Crippen LogP contribution in [0.25, 0.3) is 0 Å². The van der Waals surface area contributed by atoms with Crippen LogP contribution in [0.1, 0.15) is 12.8 Å². The summed E-state index contributed by atoms with van der Waals surface area (Å²) in [7, 11) is 0. The van der Waals surface area contributed by atoms with Crippen molar-refractivity contribution in [2.45, 2.75) is 18.9 Å². The second kappa shape index (κ2) is 4.19. The number of aliphatic hydroxyl groups excluding tert-OH is 1. The second-order valence-corrected chi connectivity index (χ2v) is 3.07. The third-order valence-electron chi connectivity index (χ3n) is 1.97. The number of hydrogen-bond donors (Lipinski definition) is 1. The molecule has 1 saturated heterocycles. The largest absolute Gasteiger partial charge is 0.392 e. The van der Waals surface area contributed by atoms with Crippen molar-refractivity contribution in [3.8, 4) is 6.07 Å². The van der Waals surface area contributed by atoms with E-state index in [0.717, 1.165) is 19.4 Å². The van der Waals surface area contributed by atoms with Gasteiger partial charge in [-0.1, -0.05) is 0 Å². The van der Waals surface area contributed by atoms with Crippen LogP contribution in [0.5, 0.6) is 0 Å². The molecule has 0 aromatic carbocycles. The first-order valence-corrected chi connectivity index (χ1v) is 4.05. The van der Waals surface area contributed by atoms with Gasteiger partial charge in [-0.25, -0.2) is 0 Å². The molecule has 0 aromatic heterocycles. The molecule has 66 valence electrons. The van der Waals surface area contributed by atoms with Crippen LogP contribution in [-0.4, -0.2) is 41.5 Å². The lowest BCUT2D eigenvalue weighted by Gasteiger charge is -2.28. The molecule has 1 aliphatic heterocycles. The number of β-amino-alcohol motifs (C(OH)–C–C–N with tert-alkyl or cyclic N) is 1. The topological polar surface area (TPSA) is 64.3 Å². The highest BCUT2D eigenvalue weighted by Gasteiger charge is 2.19. The molecule has 0 spiro atoms. The Balaban J connectivity index is 2.33. The normalized spacial score (nSPS) is 24.8. The fourth-order valence-corrected chi connectivity index (χ4v) is 1.41. The SMILES string of the molecule is N#CC(=O)CN1CCCC(O)C1. The number of carbonyl (C=O) groups is 1.